The molecule has 3 rings (SSSR count). The van der Waals surface area contributed by atoms with E-state index < -0.39 is 0 Å². The monoisotopic (exact) mass is 346 g/mol. The Hall–Kier alpha value is -2.19. The van der Waals surface area contributed by atoms with Crippen molar-refractivity contribution in [2.45, 2.75) is 39.4 Å². The minimum Gasteiger partial charge on any atom is -0.338 e. The molecule has 136 valence electrons. The Kier molecular flexibility index (Phi) is 5.19. The Morgan fingerprint density at radius 3 is 2.88 bits per heavy atom. The van der Waals surface area contributed by atoms with Gasteiger partial charge in [0.2, 0.25) is 11.8 Å². The highest BCUT2D eigenvalue weighted by Crippen LogP contribution is 2.16. The van der Waals surface area contributed by atoms with E-state index in [1.54, 1.807) is 6.07 Å². The van der Waals surface area contributed by atoms with E-state index in [0.29, 0.717) is 11.9 Å². The summed E-state index contributed by atoms with van der Waals surface area (Å²) in [6.45, 7) is 9.38. The second kappa shape index (κ2) is 7.37. The zero-order chi connectivity index (χ0) is 18.0. The molecular formula is C17H26N6O2. The smallest absolute Gasteiger partial charge is 0.243 e. The van der Waals surface area contributed by atoms with E-state index in [2.05, 4.69) is 36.7 Å². The van der Waals surface area contributed by atoms with Gasteiger partial charge in [-0.25, -0.2) is 4.98 Å². The van der Waals surface area contributed by atoms with Crippen molar-refractivity contribution in [3.63, 3.8) is 0 Å². The van der Waals surface area contributed by atoms with Crippen molar-refractivity contribution in [3.05, 3.63) is 30.0 Å². The molecule has 1 saturated heterocycles. The van der Waals surface area contributed by atoms with Crippen molar-refractivity contribution in [2.24, 2.45) is 7.05 Å². The third-order valence-electron chi connectivity index (χ3n) is 4.86. The molecule has 2 aromatic heterocycles. The van der Waals surface area contributed by atoms with Crippen LogP contribution in [0.15, 0.2) is 23.0 Å². The van der Waals surface area contributed by atoms with Gasteiger partial charge in [0, 0.05) is 51.2 Å². The summed E-state index contributed by atoms with van der Waals surface area (Å²) in [4.78, 5) is 21.5. The molecule has 3 heterocycles. The van der Waals surface area contributed by atoms with Gasteiger partial charge in [-0.15, -0.1) is 0 Å². The van der Waals surface area contributed by atoms with Crippen LogP contribution in [-0.4, -0.2) is 62.1 Å². The summed E-state index contributed by atoms with van der Waals surface area (Å²) < 4.78 is 7.11. The normalized spacial score (nSPS) is 20.6. The van der Waals surface area contributed by atoms with Crippen LogP contribution in [0, 0.1) is 6.92 Å². The quantitative estimate of drug-likeness (QED) is 0.878. The van der Waals surface area contributed by atoms with Crippen LogP contribution in [0.4, 0.5) is 5.88 Å². The molecule has 1 aliphatic rings. The highest BCUT2D eigenvalue weighted by Gasteiger charge is 2.30. The molecule has 1 aliphatic heterocycles. The average molecular weight is 346 g/mol. The van der Waals surface area contributed by atoms with Crippen LogP contribution in [-0.2, 0) is 18.4 Å². The van der Waals surface area contributed by atoms with Crippen LogP contribution < -0.4 is 5.32 Å². The Morgan fingerprint density at radius 2 is 2.28 bits per heavy atom. The van der Waals surface area contributed by atoms with E-state index in [9.17, 15) is 4.79 Å². The van der Waals surface area contributed by atoms with E-state index in [1.807, 2.05) is 33.3 Å². The standard InChI is InChI=1S/C17H26N6O2/c1-12-9-16(25-20-12)19-17(24)14(3)23-8-7-22(13(2)10-23)11-15-18-5-6-21(15)4/h5-6,9,13-14H,7-8,10-11H2,1-4H3,(H,19,24)/t13-,14-/m0/s1. The van der Waals surface area contributed by atoms with Gasteiger partial charge in [-0.3, -0.25) is 19.9 Å². The number of amides is 1. The van der Waals surface area contributed by atoms with Gasteiger partial charge < -0.3 is 9.09 Å². The maximum atomic E-state index is 12.4. The highest BCUT2D eigenvalue weighted by atomic mass is 16.5. The summed E-state index contributed by atoms with van der Waals surface area (Å²) in [6, 6.07) is 1.86. The van der Waals surface area contributed by atoms with Crippen LogP contribution >= 0.6 is 0 Å². The zero-order valence-corrected chi connectivity index (χ0v) is 15.3. The number of imidazole rings is 1. The van der Waals surface area contributed by atoms with E-state index >= 15 is 0 Å². The van der Waals surface area contributed by atoms with Crippen molar-refractivity contribution in [2.75, 3.05) is 25.0 Å². The fourth-order valence-electron chi connectivity index (χ4n) is 3.15. The Labute approximate surface area is 147 Å². The molecule has 0 aromatic carbocycles. The Morgan fingerprint density at radius 1 is 1.48 bits per heavy atom. The summed E-state index contributed by atoms with van der Waals surface area (Å²) in [7, 11) is 2.01. The molecule has 25 heavy (non-hydrogen) atoms. The van der Waals surface area contributed by atoms with Crippen molar-refractivity contribution in [3.8, 4) is 0 Å². The summed E-state index contributed by atoms with van der Waals surface area (Å²) in [6.07, 6.45) is 3.79. The van der Waals surface area contributed by atoms with Gasteiger partial charge in [0.1, 0.15) is 5.82 Å². The fourth-order valence-corrected chi connectivity index (χ4v) is 3.15. The SMILES string of the molecule is Cc1cc(NC(=O)[C@H](C)N2CCN(Cc3nccn3C)[C@@H](C)C2)on1. The maximum absolute atomic E-state index is 12.4. The van der Waals surface area contributed by atoms with Gasteiger partial charge in [0.25, 0.3) is 0 Å². The number of rotatable bonds is 5. The topological polar surface area (TPSA) is 79.4 Å². The van der Waals surface area contributed by atoms with Gasteiger partial charge in [-0.1, -0.05) is 5.16 Å². The first-order valence-corrected chi connectivity index (χ1v) is 8.62. The number of piperazine rings is 1. The molecule has 0 bridgehead atoms. The number of anilines is 1. The number of aryl methyl sites for hydroxylation is 2. The third-order valence-corrected chi connectivity index (χ3v) is 4.86. The van der Waals surface area contributed by atoms with Gasteiger partial charge in [-0.2, -0.15) is 0 Å². The average Bonchev–Trinajstić information content (AvgIpc) is 3.17. The van der Waals surface area contributed by atoms with Crippen molar-refractivity contribution < 1.29 is 9.32 Å². The molecule has 0 unspecified atom stereocenters. The largest absolute Gasteiger partial charge is 0.338 e. The lowest BCUT2D eigenvalue weighted by Gasteiger charge is -2.41. The van der Waals surface area contributed by atoms with E-state index in [1.165, 1.54) is 0 Å². The number of hydrogen-bond acceptors (Lipinski definition) is 6. The second-order valence-corrected chi connectivity index (χ2v) is 6.77. The summed E-state index contributed by atoms with van der Waals surface area (Å²) >= 11 is 0. The number of carbonyl (C=O) groups excluding carboxylic acids is 1. The lowest BCUT2D eigenvalue weighted by atomic mass is 10.1. The molecule has 1 fully saturated rings. The summed E-state index contributed by atoms with van der Waals surface area (Å²) in [5, 5.41) is 6.58. The van der Waals surface area contributed by atoms with Gasteiger partial charge in [0.05, 0.1) is 18.3 Å². The molecule has 1 amide bonds. The van der Waals surface area contributed by atoms with Crippen molar-refractivity contribution >= 4 is 11.8 Å². The van der Waals surface area contributed by atoms with Crippen LogP contribution in [0.25, 0.3) is 0 Å². The molecule has 0 radical (unpaired) electrons. The number of aromatic nitrogens is 3. The third kappa shape index (κ3) is 4.08. The second-order valence-electron chi connectivity index (χ2n) is 6.77. The fraction of sp³-hybridized carbons (Fsp3) is 0.588. The minimum absolute atomic E-state index is 0.0686. The van der Waals surface area contributed by atoms with Crippen LogP contribution in [0.5, 0.6) is 0 Å². The maximum Gasteiger partial charge on any atom is 0.243 e. The van der Waals surface area contributed by atoms with E-state index in [-0.39, 0.29) is 11.9 Å². The van der Waals surface area contributed by atoms with Crippen molar-refractivity contribution in [1.29, 1.82) is 0 Å². The number of nitrogens with one attached hydrogen (secondary N) is 1. The Balaban J connectivity index is 1.54. The molecule has 8 nitrogen and oxygen atoms in total. The lowest BCUT2D eigenvalue weighted by Crippen LogP contribution is -2.56. The highest BCUT2D eigenvalue weighted by molar-refractivity contribution is 5.93. The molecule has 2 aromatic rings. The summed E-state index contributed by atoms with van der Waals surface area (Å²) in [5.41, 5.74) is 0.750. The molecule has 2 atom stereocenters. The Bertz CT molecular complexity index is 724. The number of hydrogen-bond donors (Lipinski definition) is 1. The van der Waals surface area contributed by atoms with Gasteiger partial charge in [0.15, 0.2) is 0 Å². The zero-order valence-electron chi connectivity index (χ0n) is 15.3. The first-order valence-electron chi connectivity index (χ1n) is 8.62. The molecule has 1 N–H and O–H groups in total. The lowest BCUT2D eigenvalue weighted by molar-refractivity contribution is -0.122. The molecule has 0 spiro atoms. The number of carbonyl (C=O) groups is 1. The molecule has 0 saturated carbocycles. The summed E-state index contributed by atoms with van der Waals surface area (Å²) in [5.74, 6) is 1.39. The predicted octanol–water partition coefficient (Wildman–Crippen LogP) is 1.25. The van der Waals surface area contributed by atoms with E-state index in [0.717, 1.165) is 37.7 Å². The van der Waals surface area contributed by atoms with Crippen molar-refractivity contribution in [1.82, 2.24) is 24.5 Å². The molecule has 8 heteroatoms. The van der Waals surface area contributed by atoms with Crippen LogP contribution in [0.2, 0.25) is 0 Å². The molecule has 0 aliphatic carbocycles. The minimum atomic E-state index is -0.219. The number of nitrogens with zero attached hydrogens (tertiary/aromatic N) is 5. The first-order chi connectivity index (χ1) is 11.9. The van der Waals surface area contributed by atoms with Gasteiger partial charge >= 0.3 is 0 Å². The van der Waals surface area contributed by atoms with Crippen LogP contribution in [0.1, 0.15) is 25.4 Å². The molecular weight excluding hydrogens is 320 g/mol. The van der Waals surface area contributed by atoms with E-state index in [4.69, 9.17) is 4.52 Å². The predicted molar refractivity (Wildman–Crippen MR) is 94.0 cm³/mol. The van der Waals surface area contributed by atoms with Crippen LogP contribution in [0.3, 0.4) is 0 Å². The van der Waals surface area contributed by atoms with Gasteiger partial charge in [-0.05, 0) is 20.8 Å². The first kappa shape index (κ1) is 17.6.